The van der Waals surface area contributed by atoms with Gasteiger partial charge in [-0.05, 0) is 60.1 Å². The number of hydrogen-bond donors (Lipinski definition) is 3. The molecule has 154 valence electrons. The first-order valence-corrected chi connectivity index (χ1v) is 10.3. The first kappa shape index (κ1) is 21.5. The number of carbonyl (C=O) groups is 1. The van der Waals surface area contributed by atoms with Gasteiger partial charge in [-0.2, -0.15) is 0 Å². The van der Waals surface area contributed by atoms with Crippen LogP contribution in [0.1, 0.15) is 41.1 Å². The van der Waals surface area contributed by atoms with Crippen molar-refractivity contribution in [2.45, 2.75) is 31.7 Å². The molecule has 0 aliphatic heterocycles. The monoisotopic (exact) mass is 414 g/mol. The molecular weight excluding hydrogens is 388 g/mol. The summed E-state index contributed by atoms with van der Waals surface area (Å²) in [5, 5.41) is 18.7. The molecule has 0 heterocycles. The molecule has 5 nitrogen and oxygen atoms in total. The van der Waals surface area contributed by atoms with E-state index in [1.807, 2.05) is 24.3 Å². The Bertz CT molecular complexity index is 869. The Labute approximate surface area is 176 Å². The zero-order valence-electron chi connectivity index (χ0n) is 16.4. The number of halogens is 1. The molecule has 1 amide bonds. The normalized spacial score (nSPS) is 15.8. The maximum Gasteiger partial charge on any atom is 0.267 e. The average molecular weight is 415 g/mol. The van der Waals surface area contributed by atoms with E-state index in [9.17, 15) is 9.90 Å². The number of hydrogen-bond acceptors (Lipinski definition) is 4. The van der Waals surface area contributed by atoms with Crippen LogP contribution in [-0.2, 0) is 17.6 Å². The summed E-state index contributed by atoms with van der Waals surface area (Å²) in [6.07, 6.45) is 6.63. The SMILES string of the molecule is O=C(C=Cc1ccc2c(c1)CC[C@H]2N(CCCO)CCc1ccccc1Cl)NO. The number of carbonyl (C=O) groups excluding carboxylic acids is 1. The highest BCUT2D eigenvalue weighted by molar-refractivity contribution is 6.31. The molecule has 2 aromatic rings. The molecule has 0 saturated heterocycles. The number of benzene rings is 2. The average Bonchev–Trinajstić information content (AvgIpc) is 3.16. The molecule has 0 saturated carbocycles. The predicted molar refractivity (Wildman–Crippen MR) is 115 cm³/mol. The molecule has 2 aromatic carbocycles. The van der Waals surface area contributed by atoms with Crippen LogP contribution in [0.3, 0.4) is 0 Å². The topological polar surface area (TPSA) is 72.8 Å². The van der Waals surface area contributed by atoms with Gasteiger partial charge in [0.15, 0.2) is 0 Å². The first-order valence-electron chi connectivity index (χ1n) is 9.95. The number of amides is 1. The minimum Gasteiger partial charge on any atom is -0.396 e. The van der Waals surface area contributed by atoms with E-state index >= 15 is 0 Å². The lowest BCUT2D eigenvalue weighted by Crippen LogP contribution is -2.31. The van der Waals surface area contributed by atoms with Crippen LogP contribution in [0.4, 0.5) is 0 Å². The summed E-state index contributed by atoms with van der Waals surface area (Å²) in [5.74, 6) is -0.543. The lowest BCUT2D eigenvalue weighted by molar-refractivity contribution is -0.124. The molecule has 0 radical (unpaired) electrons. The molecule has 0 aromatic heterocycles. The number of aryl methyl sites for hydroxylation is 1. The van der Waals surface area contributed by atoms with Crippen LogP contribution >= 0.6 is 11.6 Å². The van der Waals surface area contributed by atoms with E-state index in [0.29, 0.717) is 6.04 Å². The molecule has 3 rings (SSSR count). The van der Waals surface area contributed by atoms with Crippen molar-refractivity contribution >= 4 is 23.6 Å². The summed E-state index contributed by atoms with van der Waals surface area (Å²) in [6, 6.07) is 14.5. The highest BCUT2D eigenvalue weighted by Crippen LogP contribution is 2.36. The zero-order chi connectivity index (χ0) is 20.6. The van der Waals surface area contributed by atoms with Gasteiger partial charge in [0, 0.05) is 36.8 Å². The first-order chi connectivity index (χ1) is 14.1. The standard InChI is InChI=1S/C23H27ClN2O3/c24-21-5-2-1-4-18(21)12-14-26(13-3-15-27)22-10-8-19-16-17(6-9-20(19)22)7-11-23(28)25-29/h1-2,4-7,9,11,16,22,27,29H,3,8,10,12-15H2,(H,25,28)/t22-/m1/s1. The molecule has 0 bridgehead atoms. The lowest BCUT2D eigenvalue weighted by atomic mass is 10.0. The van der Waals surface area contributed by atoms with Crippen molar-refractivity contribution in [2.75, 3.05) is 19.7 Å². The van der Waals surface area contributed by atoms with Crippen LogP contribution in [0.25, 0.3) is 6.08 Å². The smallest absolute Gasteiger partial charge is 0.267 e. The Balaban J connectivity index is 1.74. The van der Waals surface area contributed by atoms with E-state index in [-0.39, 0.29) is 6.61 Å². The predicted octanol–water partition coefficient (Wildman–Crippen LogP) is 3.77. The quantitative estimate of drug-likeness (QED) is 0.332. The number of nitrogens with zero attached hydrogens (tertiary/aromatic N) is 1. The van der Waals surface area contributed by atoms with Gasteiger partial charge in [0.1, 0.15) is 0 Å². The minimum absolute atomic E-state index is 0.179. The molecule has 1 atom stereocenters. The van der Waals surface area contributed by atoms with Gasteiger partial charge in [0.05, 0.1) is 0 Å². The Hall–Kier alpha value is -2.18. The molecule has 6 heteroatoms. The molecule has 1 aliphatic carbocycles. The van der Waals surface area contributed by atoms with Gasteiger partial charge in [0.25, 0.3) is 5.91 Å². The Kier molecular flexibility index (Phi) is 7.83. The number of nitrogens with one attached hydrogen (secondary N) is 1. The van der Waals surface area contributed by atoms with Gasteiger partial charge in [0.2, 0.25) is 0 Å². The fourth-order valence-corrected chi connectivity index (χ4v) is 4.20. The van der Waals surface area contributed by atoms with Crippen molar-refractivity contribution in [3.05, 3.63) is 75.8 Å². The van der Waals surface area contributed by atoms with Gasteiger partial charge in [-0.1, -0.05) is 48.0 Å². The third kappa shape index (κ3) is 5.67. The fraction of sp³-hybridized carbons (Fsp3) is 0.348. The Morgan fingerprint density at radius 2 is 2.07 bits per heavy atom. The summed E-state index contributed by atoms with van der Waals surface area (Å²) in [7, 11) is 0. The highest BCUT2D eigenvalue weighted by Gasteiger charge is 2.27. The van der Waals surface area contributed by atoms with Crippen LogP contribution < -0.4 is 5.48 Å². The molecule has 1 aliphatic rings. The molecule has 3 N–H and O–H groups in total. The van der Waals surface area contributed by atoms with E-state index in [2.05, 4.69) is 23.1 Å². The summed E-state index contributed by atoms with van der Waals surface area (Å²) in [6.45, 7) is 1.90. The molecular formula is C23H27ClN2O3. The van der Waals surface area contributed by atoms with Crippen LogP contribution in [-0.4, -0.2) is 40.8 Å². The maximum atomic E-state index is 11.2. The summed E-state index contributed by atoms with van der Waals surface area (Å²) >= 11 is 6.32. The van der Waals surface area contributed by atoms with Crippen molar-refractivity contribution in [1.82, 2.24) is 10.4 Å². The minimum atomic E-state index is -0.543. The maximum absolute atomic E-state index is 11.2. The van der Waals surface area contributed by atoms with Crippen molar-refractivity contribution in [1.29, 1.82) is 0 Å². The van der Waals surface area contributed by atoms with Crippen LogP contribution in [0, 0.1) is 0 Å². The Morgan fingerprint density at radius 1 is 1.24 bits per heavy atom. The van der Waals surface area contributed by atoms with Gasteiger partial charge >= 0.3 is 0 Å². The van der Waals surface area contributed by atoms with E-state index < -0.39 is 5.91 Å². The van der Waals surface area contributed by atoms with Gasteiger partial charge in [-0.15, -0.1) is 0 Å². The van der Waals surface area contributed by atoms with Crippen molar-refractivity contribution in [2.24, 2.45) is 0 Å². The number of aliphatic hydroxyl groups excluding tert-OH is 1. The number of aliphatic hydroxyl groups is 1. The highest BCUT2D eigenvalue weighted by atomic mass is 35.5. The van der Waals surface area contributed by atoms with E-state index in [1.54, 1.807) is 11.6 Å². The third-order valence-electron chi connectivity index (χ3n) is 5.42. The molecule has 0 unspecified atom stereocenters. The van der Waals surface area contributed by atoms with Crippen molar-refractivity contribution in [3.8, 4) is 0 Å². The second-order valence-corrected chi connectivity index (χ2v) is 7.68. The lowest BCUT2D eigenvalue weighted by Gasteiger charge is -2.30. The summed E-state index contributed by atoms with van der Waals surface area (Å²) in [4.78, 5) is 13.6. The molecule has 0 spiro atoms. The van der Waals surface area contributed by atoms with Crippen molar-refractivity contribution < 1.29 is 15.1 Å². The summed E-state index contributed by atoms with van der Waals surface area (Å²) in [5.41, 5.74) is 6.27. The van der Waals surface area contributed by atoms with Crippen LogP contribution in [0.2, 0.25) is 5.02 Å². The second-order valence-electron chi connectivity index (χ2n) is 7.28. The second kappa shape index (κ2) is 10.6. The van der Waals surface area contributed by atoms with Crippen LogP contribution in [0.5, 0.6) is 0 Å². The number of hydroxylamine groups is 1. The van der Waals surface area contributed by atoms with E-state index in [1.165, 1.54) is 17.2 Å². The van der Waals surface area contributed by atoms with Crippen molar-refractivity contribution in [3.63, 3.8) is 0 Å². The van der Waals surface area contributed by atoms with Gasteiger partial charge in [-0.25, -0.2) is 5.48 Å². The fourth-order valence-electron chi connectivity index (χ4n) is 3.97. The van der Waals surface area contributed by atoms with Crippen LogP contribution in [0.15, 0.2) is 48.5 Å². The molecule has 29 heavy (non-hydrogen) atoms. The number of fused-ring (bicyclic) bond motifs is 1. The van der Waals surface area contributed by atoms with E-state index in [4.69, 9.17) is 16.8 Å². The van der Waals surface area contributed by atoms with Gasteiger partial charge < -0.3 is 5.11 Å². The number of rotatable bonds is 9. The zero-order valence-corrected chi connectivity index (χ0v) is 17.1. The van der Waals surface area contributed by atoms with Gasteiger partial charge in [-0.3, -0.25) is 14.9 Å². The third-order valence-corrected chi connectivity index (χ3v) is 5.79. The Morgan fingerprint density at radius 3 is 2.83 bits per heavy atom. The van der Waals surface area contributed by atoms with E-state index in [0.717, 1.165) is 54.9 Å². The summed E-state index contributed by atoms with van der Waals surface area (Å²) < 4.78 is 0. The molecule has 0 fully saturated rings. The largest absolute Gasteiger partial charge is 0.396 e.